The first kappa shape index (κ1) is 27.0. The maximum absolute atomic E-state index is 13.5. The number of aromatic nitrogens is 4. The highest BCUT2D eigenvalue weighted by molar-refractivity contribution is 6.02. The van der Waals surface area contributed by atoms with Crippen molar-refractivity contribution in [2.75, 3.05) is 42.2 Å². The Morgan fingerprint density at radius 3 is 2.73 bits per heavy atom. The molecule has 4 aromatic rings. The molecule has 1 fully saturated rings. The van der Waals surface area contributed by atoms with E-state index in [1.54, 1.807) is 23.0 Å². The third-order valence-corrected chi connectivity index (χ3v) is 7.03. The van der Waals surface area contributed by atoms with Crippen LogP contribution in [0, 0.1) is 0 Å². The Morgan fingerprint density at radius 2 is 1.98 bits per heavy atom. The monoisotopic (exact) mass is 548 g/mol. The van der Waals surface area contributed by atoms with Gasteiger partial charge >= 0.3 is 6.61 Å². The van der Waals surface area contributed by atoms with Gasteiger partial charge in [0.1, 0.15) is 12.1 Å². The molecule has 5 rings (SSSR count). The molecule has 0 spiro atoms. The molecule has 0 radical (unpaired) electrons. The van der Waals surface area contributed by atoms with Crippen molar-refractivity contribution in [3.63, 3.8) is 0 Å². The van der Waals surface area contributed by atoms with Gasteiger partial charge in [0.05, 0.1) is 34.5 Å². The number of halogens is 2. The van der Waals surface area contributed by atoms with E-state index in [9.17, 15) is 13.6 Å². The Balaban J connectivity index is 1.52. The van der Waals surface area contributed by atoms with Crippen molar-refractivity contribution in [3.8, 4) is 17.0 Å². The zero-order valence-electron chi connectivity index (χ0n) is 22.4. The largest absolute Gasteiger partial charge is 0.433 e. The third kappa shape index (κ3) is 5.71. The molecule has 1 amide bonds. The number of hydrogen-bond acceptors (Lipinski definition) is 8. The van der Waals surface area contributed by atoms with Crippen LogP contribution in [-0.4, -0.2) is 69.9 Å². The molecule has 12 heteroatoms. The Labute approximate surface area is 230 Å². The highest BCUT2D eigenvalue weighted by Crippen LogP contribution is 2.40. The van der Waals surface area contributed by atoms with E-state index in [1.807, 2.05) is 37.2 Å². The number of alkyl halides is 2. The Morgan fingerprint density at radius 1 is 1.15 bits per heavy atom. The smallest absolute Gasteiger partial charge is 0.387 e. The Kier molecular flexibility index (Phi) is 7.60. The summed E-state index contributed by atoms with van der Waals surface area (Å²) in [4.78, 5) is 25.2. The number of piperazine rings is 1. The van der Waals surface area contributed by atoms with E-state index < -0.39 is 12.5 Å². The molecule has 2 aromatic carbocycles. The van der Waals surface area contributed by atoms with Gasteiger partial charge in [-0.25, -0.2) is 9.97 Å². The SMILES string of the molecule is C=CC(=O)Nc1cc(Nc2cc(-c3ccc4c(cnn4C)c3)ncn2)c(OC(F)F)cc1N1CCN(C)[C@@H](C)C1. The quantitative estimate of drug-likeness (QED) is 0.307. The normalized spacial score (nSPS) is 15.8. The minimum Gasteiger partial charge on any atom is -0.433 e. The number of rotatable bonds is 8. The van der Waals surface area contributed by atoms with E-state index in [0.29, 0.717) is 36.0 Å². The standard InChI is InChI=1S/C28H30F2N8O2/c1-5-27(39)35-21-11-22(25(40-28(29)30)13-24(21)38-9-8-36(3)17(2)15-38)34-26-12-20(31-16-32-26)18-6-7-23-19(10-18)14-33-37(23)4/h5-7,10-14,16-17,28H,1,8-9,15H2,2-4H3,(H,35,39)(H,31,32,34)/t17-/m0/s1. The Bertz CT molecular complexity index is 1560. The molecular formula is C28H30F2N8O2. The second kappa shape index (κ2) is 11.3. The van der Waals surface area contributed by atoms with Crippen LogP contribution >= 0.6 is 0 Å². The van der Waals surface area contributed by atoms with E-state index in [4.69, 9.17) is 4.74 Å². The van der Waals surface area contributed by atoms with Crippen molar-refractivity contribution in [3.05, 3.63) is 61.6 Å². The van der Waals surface area contributed by atoms with Gasteiger partial charge in [0.25, 0.3) is 0 Å². The molecule has 3 heterocycles. The zero-order valence-corrected chi connectivity index (χ0v) is 22.4. The second-order valence-electron chi connectivity index (χ2n) is 9.67. The molecule has 40 heavy (non-hydrogen) atoms. The fourth-order valence-electron chi connectivity index (χ4n) is 4.72. The lowest BCUT2D eigenvalue weighted by Crippen LogP contribution is -2.50. The average Bonchev–Trinajstić information content (AvgIpc) is 3.31. The summed E-state index contributed by atoms with van der Waals surface area (Å²) in [7, 11) is 3.90. The highest BCUT2D eigenvalue weighted by Gasteiger charge is 2.25. The van der Waals surface area contributed by atoms with Gasteiger partial charge < -0.3 is 25.2 Å². The predicted molar refractivity (Wildman–Crippen MR) is 151 cm³/mol. The van der Waals surface area contributed by atoms with Crippen molar-refractivity contribution < 1.29 is 18.3 Å². The number of nitrogens with one attached hydrogen (secondary N) is 2. The fraction of sp³-hybridized carbons (Fsp3) is 0.286. The summed E-state index contributed by atoms with van der Waals surface area (Å²) in [6.45, 7) is 4.63. The first-order valence-corrected chi connectivity index (χ1v) is 12.7. The molecule has 1 aliphatic heterocycles. The topological polar surface area (TPSA) is 100 Å². The van der Waals surface area contributed by atoms with Crippen LogP contribution in [0.25, 0.3) is 22.2 Å². The number of amides is 1. The molecule has 1 saturated heterocycles. The molecule has 2 aromatic heterocycles. The summed E-state index contributed by atoms with van der Waals surface area (Å²) in [5, 5.41) is 11.1. The number of nitrogens with zero attached hydrogens (tertiary/aromatic N) is 6. The summed E-state index contributed by atoms with van der Waals surface area (Å²) in [5.74, 6) is -0.144. The minimum absolute atomic E-state index is 0.0786. The maximum Gasteiger partial charge on any atom is 0.387 e. The summed E-state index contributed by atoms with van der Waals surface area (Å²) >= 11 is 0. The number of aryl methyl sites for hydroxylation is 1. The third-order valence-electron chi connectivity index (χ3n) is 7.03. The molecule has 1 atom stereocenters. The summed E-state index contributed by atoms with van der Waals surface area (Å²) < 4.78 is 33.8. The number of ether oxygens (including phenoxy) is 1. The van der Waals surface area contributed by atoms with E-state index in [2.05, 4.69) is 44.1 Å². The molecule has 0 bridgehead atoms. The van der Waals surface area contributed by atoms with Crippen LogP contribution in [0.2, 0.25) is 0 Å². The predicted octanol–water partition coefficient (Wildman–Crippen LogP) is 4.64. The molecule has 0 unspecified atom stereocenters. The van der Waals surface area contributed by atoms with E-state index in [1.165, 1.54) is 12.4 Å². The molecule has 10 nitrogen and oxygen atoms in total. The van der Waals surface area contributed by atoms with Crippen LogP contribution in [0.15, 0.2) is 61.6 Å². The molecular weight excluding hydrogens is 518 g/mol. The van der Waals surface area contributed by atoms with Gasteiger partial charge in [-0.2, -0.15) is 13.9 Å². The molecule has 1 aliphatic rings. The van der Waals surface area contributed by atoms with Gasteiger partial charge in [-0.15, -0.1) is 0 Å². The van der Waals surface area contributed by atoms with Crippen LogP contribution in [0.1, 0.15) is 6.92 Å². The van der Waals surface area contributed by atoms with Gasteiger partial charge in [-0.1, -0.05) is 12.6 Å². The van der Waals surface area contributed by atoms with Crippen molar-refractivity contribution in [1.29, 1.82) is 0 Å². The number of hydrogen-bond donors (Lipinski definition) is 2. The van der Waals surface area contributed by atoms with Crippen molar-refractivity contribution >= 4 is 39.7 Å². The highest BCUT2D eigenvalue weighted by atomic mass is 19.3. The number of carbonyl (C=O) groups is 1. The lowest BCUT2D eigenvalue weighted by atomic mass is 10.1. The first-order valence-electron chi connectivity index (χ1n) is 12.7. The molecule has 0 aliphatic carbocycles. The number of carbonyl (C=O) groups excluding carboxylic acids is 1. The maximum atomic E-state index is 13.5. The van der Waals surface area contributed by atoms with Crippen LogP contribution in [0.3, 0.4) is 0 Å². The fourth-order valence-corrected chi connectivity index (χ4v) is 4.72. The van der Waals surface area contributed by atoms with Crippen LogP contribution < -0.4 is 20.3 Å². The number of anilines is 4. The summed E-state index contributed by atoms with van der Waals surface area (Å²) in [6.07, 6.45) is 4.32. The van der Waals surface area contributed by atoms with Crippen molar-refractivity contribution in [1.82, 2.24) is 24.6 Å². The van der Waals surface area contributed by atoms with Crippen molar-refractivity contribution in [2.24, 2.45) is 7.05 Å². The first-order chi connectivity index (χ1) is 19.2. The van der Waals surface area contributed by atoms with Gasteiger partial charge in [-0.3, -0.25) is 9.48 Å². The van der Waals surface area contributed by atoms with Gasteiger partial charge in [0, 0.05) is 55.8 Å². The summed E-state index contributed by atoms with van der Waals surface area (Å²) in [5.41, 5.74) is 3.66. The van der Waals surface area contributed by atoms with Gasteiger partial charge in [0.2, 0.25) is 5.91 Å². The van der Waals surface area contributed by atoms with Gasteiger partial charge in [0.15, 0.2) is 5.75 Å². The van der Waals surface area contributed by atoms with Crippen LogP contribution in [-0.2, 0) is 11.8 Å². The minimum atomic E-state index is -3.06. The zero-order chi connectivity index (χ0) is 28.4. The molecule has 208 valence electrons. The number of benzene rings is 2. The molecule has 2 N–H and O–H groups in total. The van der Waals surface area contributed by atoms with Crippen LogP contribution in [0.5, 0.6) is 5.75 Å². The molecule has 0 saturated carbocycles. The average molecular weight is 549 g/mol. The van der Waals surface area contributed by atoms with E-state index >= 15 is 0 Å². The lowest BCUT2D eigenvalue weighted by Gasteiger charge is -2.40. The van der Waals surface area contributed by atoms with E-state index in [0.717, 1.165) is 29.1 Å². The second-order valence-corrected chi connectivity index (χ2v) is 9.67. The van der Waals surface area contributed by atoms with Crippen LogP contribution in [0.4, 0.5) is 31.7 Å². The van der Waals surface area contributed by atoms with E-state index in [-0.39, 0.29) is 17.5 Å². The number of likely N-dealkylation sites (N-methyl/N-ethyl adjacent to an activating group) is 1. The lowest BCUT2D eigenvalue weighted by molar-refractivity contribution is -0.111. The van der Waals surface area contributed by atoms with Gasteiger partial charge in [-0.05, 0) is 38.2 Å². The summed E-state index contributed by atoms with van der Waals surface area (Å²) in [6, 6.07) is 10.9. The Hall–Kier alpha value is -4.58. The number of fused-ring (bicyclic) bond motifs is 1. The van der Waals surface area contributed by atoms with Crippen molar-refractivity contribution in [2.45, 2.75) is 19.6 Å².